The molecule has 0 radical (unpaired) electrons. The summed E-state index contributed by atoms with van der Waals surface area (Å²) < 4.78 is 11.1. The van der Waals surface area contributed by atoms with Gasteiger partial charge in [0.2, 0.25) is 5.95 Å². The summed E-state index contributed by atoms with van der Waals surface area (Å²) in [4.78, 5) is 16.0. The van der Waals surface area contributed by atoms with Gasteiger partial charge in [-0.3, -0.25) is 0 Å². The monoisotopic (exact) mass is 428 g/mol. The Morgan fingerprint density at radius 3 is 2.42 bits per heavy atom. The molecule has 0 atom stereocenters. The van der Waals surface area contributed by atoms with Gasteiger partial charge in [0.05, 0.1) is 49.3 Å². The van der Waals surface area contributed by atoms with E-state index in [0.717, 1.165) is 62.1 Å². The van der Waals surface area contributed by atoms with E-state index in [1.165, 1.54) is 0 Å². The molecule has 0 amide bonds. The molecule has 2 aliphatic rings. The summed E-state index contributed by atoms with van der Waals surface area (Å²) in [5.74, 6) is 1.95. The Bertz CT molecular complexity index is 895. The van der Waals surface area contributed by atoms with Crippen LogP contribution in [-0.2, 0) is 4.74 Å². The van der Waals surface area contributed by atoms with E-state index in [1.807, 2.05) is 25.4 Å². The van der Waals surface area contributed by atoms with Crippen molar-refractivity contribution in [2.75, 3.05) is 99.9 Å². The minimum Gasteiger partial charge on any atom is -0.494 e. The fraction of sp³-hybridized carbons (Fsp3) is 0.524. The molecule has 0 bridgehead atoms. The Hall–Kier alpha value is -2.98. The first kappa shape index (κ1) is 21.3. The van der Waals surface area contributed by atoms with Crippen LogP contribution in [0.2, 0.25) is 0 Å². The third-order valence-electron chi connectivity index (χ3n) is 5.80. The molecule has 168 valence electrons. The highest BCUT2D eigenvalue weighted by Gasteiger charge is 2.20. The number of piperazine rings is 1. The van der Waals surface area contributed by atoms with Crippen LogP contribution in [0.5, 0.6) is 5.75 Å². The van der Waals surface area contributed by atoms with E-state index in [2.05, 4.69) is 42.3 Å². The highest BCUT2D eigenvalue weighted by molar-refractivity contribution is 5.79. The van der Waals surface area contributed by atoms with Gasteiger partial charge in [0.15, 0.2) is 5.82 Å². The SMILES string of the molecule is CNc1nc(Nc2cc(N)c(N3CCN(C)CC3)cc2OC)ncc1N1CCOCC1. The summed E-state index contributed by atoms with van der Waals surface area (Å²) in [5, 5.41) is 6.44. The number of hydrogen-bond acceptors (Lipinski definition) is 10. The minimum absolute atomic E-state index is 0.478. The van der Waals surface area contributed by atoms with Crippen LogP contribution in [0.3, 0.4) is 0 Å². The Morgan fingerprint density at radius 1 is 1.03 bits per heavy atom. The maximum atomic E-state index is 6.42. The van der Waals surface area contributed by atoms with Crippen LogP contribution in [0.1, 0.15) is 0 Å². The number of anilines is 6. The molecular weight excluding hydrogens is 396 g/mol. The number of ether oxygens (including phenoxy) is 2. The highest BCUT2D eigenvalue weighted by atomic mass is 16.5. The molecule has 1 aromatic carbocycles. The van der Waals surface area contributed by atoms with Gasteiger partial charge in [0.25, 0.3) is 0 Å². The number of nitrogens with zero attached hydrogens (tertiary/aromatic N) is 5. The van der Waals surface area contributed by atoms with E-state index in [4.69, 9.17) is 15.2 Å². The predicted molar refractivity (Wildman–Crippen MR) is 125 cm³/mol. The summed E-state index contributed by atoms with van der Waals surface area (Å²) >= 11 is 0. The van der Waals surface area contributed by atoms with Crippen LogP contribution in [0.15, 0.2) is 18.3 Å². The number of morpholine rings is 1. The van der Waals surface area contributed by atoms with Crippen molar-refractivity contribution in [2.24, 2.45) is 0 Å². The van der Waals surface area contributed by atoms with E-state index >= 15 is 0 Å². The van der Waals surface area contributed by atoms with Crippen LogP contribution in [-0.4, -0.2) is 88.6 Å². The second-order valence-electron chi connectivity index (χ2n) is 7.80. The molecule has 4 rings (SSSR count). The number of nitrogens with one attached hydrogen (secondary N) is 2. The van der Waals surface area contributed by atoms with Gasteiger partial charge in [0, 0.05) is 52.4 Å². The maximum Gasteiger partial charge on any atom is 0.229 e. The fourth-order valence-corrected chi connectivity index (χ4v) is 3.95. The molecule has 2 saturated heterocycles. The molecule has 1 aromatic heterocycles. The Labute approximate surface area is 183 Å². The van der Waals surface area contributed by atoms with Gasteiger partial charge in [0.1, 0.15) is 5.75 Å². The molecule has 31 heavy (non-hydrogen) atoms. The van der Waals surface area contributed by atoms with Gasteiger partial charge < -0.3 is 40.5 Å². The predicted octanol–water partition coefficient (Wildman–Crippen LogP) is 1.44. The maximum absolute atomic E-state index is 6.42. The molecule has 2 aliphatic heterocycles. The zero-order valence-corrected chi connectivity index (χ0v) is 18.5. The Balaban J connectivity index is 1.56. The zero-order chi connectivity index (χ0) is 21.8. The quantitative estimate of drug-likeness (QED) is 0.586. The minimum atomic E-state index is 0.478. The van der Waals surface area contributed by atoms with Crippen molar-refractivity contribution in [1.29, 1.82) is 0 Å². The normalized spacial score (nSPS) is 17.5. The molecule has 2 aromatic rings. The smallest absolute Gasteiger partial charge is 0.229 e. The zero-order valence-electron chi connectivity index (χ0n) is 18.5. The van der Waals surface area contributed by atoms with Crippen molar-refractivity contribution in [2.45, 2.75) is 0 Å². The van der Waals surface area contributed by atoms with Crippen molar-refractivity contribution in [3.63, 3.8) is 0 Å². The van der Waals surface area contributed by atoms with E-state index in [0.29, 0.717) is 30.6 Å². The van der Waals surface area contributed by atoms with Crippen molar-refractivity contribution in [3.8, 4) is 5.75 Å². The molecule has 4 N–H and O–H groups in total. The van der Waals surface area contributed by atoms with Crippen molar-refractivity contribution in [3.05, 3.63) is 18.3 Å². The summed E-state index contributed by atoms with van der Waals surface area (Å²) in [6.45, 7) is 6.96. The van der Waals surface area contributed by atoms with E-state index in [9.17, 15) is 0 Å². The first-order chi connectivity index (χ1) is 15.1. The number of nitrogen functional groups attached to an aromatic ring is 1. The van der Waals surface area contributed by atoms with E-state index in [1.54, 1.807) is 7.11 Å². The summed E-state index contributed by atoms with van der Waals surface area (Å²) in [6, 6.07) is 3.88. The second-order valence-corrected chi connectivity index (χ2v) is 7.80. The topological polar surface area (TPSA) is 104 Å². The number of hydrogen-bond donors (Lipinski definition) is 3. The summed E-state index contributed by atoms with van der Waals surface area (Å²) in [5.41, 5.74) is 9.82. The average molecular weight is 429 g/mol. The van der Waals surface area contributed by atoms with Crippen molar-refractivity contribution >= 4 is 34.5 Å². The molecule has 0 spiro atoms. The number of aromatic nitrogens is 2. The lowest BCUT2D eigenvalue weighted by Gasteiger charge is -2.35. The lowest BCUT2D eigenvalue weighted by molar-refractivity contribution is 0.122. The summed E-state index contributed by atoms with van der Waals surface area (Å²) in [7, 11) is 5.66. The average Bonchev–Trinajstić information content (AvgIpc) is 2.80. The molecule has 3 heterocycles. The van der Waals surface area contributed by atoms with Crippen LogP contribution < -0.4 is 30.9 Å². The van der Waals surface area contributed by atoms with Crippen LogP contribution >= 0.6 is 0 Å². The second kappa shape index (κ2) is 9.44. The van der Waals surface area contributed by atoms with Crippen LogP contribution in [0.4, 0.5) is 34.5 Å². The number of rotatable bonds is 6. The van der Waals surface area contributed by atoms with Gasteiger partial charge in [-0.25, -0.2) is 4.98 Å². The summed E-state index contributed by atoms with van der Waals surface area (Å²) in [6.07, 6.45) is 1.83. The Kier molecular flexibility index (Phi) is 6.47. The van der Waals surface area contributed by atoms with Crippen LogP contribution in [0, 0.1) is 0 Å². The molecule has 0 aliphatic carbocycles. The molecule has 0 unspecified atom stereocenters. The molecular formula is C21H32N8O2. The number of nitrogens with two attached hydrogens (primary N) is 1. The first-order valence-corrected chi connectivity index (χ1v) is 10.6. The van der Waals surface area contributed by atoms with Crippen molar-refractivity contribution < 1.29 is 9.47 Å². The molecule has 10 nitrogen and oxygen atoms in total. The van der Waals surface area contributed by atoms with E-state index < -0.39 is 0 Å². The third-order valence-corrected chi connectivity index (χ3v) is 5.80. The standard InChI is InChI=1S/C21H32N8O2/c1-23-20-18(29-8-10-31-11-9-29)14-24-21(26-20)25-16-12-15(22)17(13-19(16)30-3)28-6-4-27(2)5-7-28/h12-14H,4-11,22H2,1-3H3,(H2,23,24,25,26). The molecule has 10 heteroatoms. The lowest BCUT2D eigenvalue weighted by atomic mass is 10.2. The van der Waals surface area contributed by atoms with Gasteiger partial charge in [-0.1, -0.05) is 0 Å². The largest absolute Gasteiger partial charge is 0.494 e. The van der Waals surface area contributed by atoms with Gasteiger partial charge in [-0.15, -0.1) is 0 Å². The lowest BCUT2D eigenvalue weighted by Crippen LogP contribution is -2.44. The Morgan fingerprint density at radius 2 is 1.74 bits per heavy atom. The number of methoxy groups -OCH3 is 1. The molecule has 0 saturated carbocycles. The van der Waals surface area contributed by atoms with E-state index in [-0.39, 0.29) is 0 Å². The number of benzene rings is 1. The molecule has 2 fully saturated rings. The van der Waals surface area contributed by atoms with Crippen molar-refractivity contribution in [1.82, 2.24) is 14.9 Å². The first-order valence-electron chi connectivity index (χ1n) is 10.6. The van der Waals surface area contributed by atoms with Gasteiger partial charge >= 0.3 is 0 Å². The highest BCUT2D eigenvalue weighted by Crippen LogP contribution is 2.37. The number of likely N-dealkylation sites (N-methyl/N-ethyl adjacent to an activating group) is 1. The van der Waals surface area contributed by atoms with Gasteiger partial charge in [-0.05, 0) is 13.1 Å². The fourth-order valence-electron chi connectivity index (χ4n) is 3.95. The van der Waals surface area contributed by atoms with Crippen LogP contribution in [0.25, 0.3) is 0 Å². The third kappa shape index (κ3) is 4.70. The van der Waals surface area contributed by atoms with Gasteiger partial charge in [-0.2, -0.15) is 4.98 Å².